The average Bonchev–Trinajstić information content (AvgIpc) is 2.74. The lowest BCUT2D eigenvalue weighted by atomic mass is 10.4. The zero-order valence-corrected chi connectivity index (χ0v) is 10.5. The van der Waals surface area contributed by atoms with Crippen LogP contribution in [0.4, 0.5) is 4.79 Å². The van der Waals surface area contributed by atoms with Crippen LogP contribution < -0.4 is 10.6 Å². The number of nitrogens with one attached hydrogen (secondary N) is 2. The van der Waals surface area contributed by atoms with E-state index in [-0.39, 0.29) is 25.8 Å². The minimum absolute atomic E-state index is 0.143. The number of amides is 2. The Kier molecular flexibility index (Phi) is 6.30. The lowest BCUT2D eigenvalue weighted by Gasteiger charge is -2.06. The van der Waals surface area contributed by atoms with Gasteiger partial charge >= 0.3 is 12.0 Å². The highest BCUT2D eigenvalue weighted by molar-refractivity contribution is 5.73. The maximum Gasteiger partial charge on any atom is 0.329 e. The number of carbonyl (C=O) groups excluding carboxylic acids is 1. The van der Waals surface area contributed by atoms with E-state index in [9.17, 15) is 9.59 Å². The van der Waals surface area contributed by atoms with Crippen molar-refractivity contribution in [2.45, 2.75) is 13.3 Å². The quantitative estimate of drug-likeness (QED) is 0.535. The Morgan fingerprint density at radius 3 is 2.74 bits per heavy atom. The number of carboxylic acid groups (broad SMARTS) is 1. The molecule has 106 valence electrons. The Bertz CT molecular complexity index is 420. The molecule has 0 bridgehead atoms. The van der Waals surface area contributed by atoms with Gasteiger partial charge in [0.2, 0.25) is 5.89 Å². The molecule has 1 rings (SSSR count). The number of hydrogen-bond donors (Lipinski definition) is 3. The fourth-order valence-electron chi connectivity index (χ4n) is 1.19. The molecule has 0 spiro atoms. The van der Waals surface area contributed by atoms with Crippen LogP contribution in [0.1, 0.15) is 11.7 Å². The number of ether oxygens (including phenoxy) is 1. The van der Waals surface area contributed by atoms with Crippen molar-refractivity contribution in [2.24, 2.45) is 0 Å². The van der Waals surface area contributed by atoms with Crippen LogP contribution >= 0.6 is 0 Å². The van der Waals surface area contributed by atoms with Crippen molar-refractivity contribution in [3.8, 4) is 0 Å². The molecule has 0 saturated heterocycles. The average molecular weight is 272 g/mol. The van der Waals surface area contributed by atoms with Gasteiger partial charge in [0, 0.05) is 26.4 Å². The standard InChI is InChI=1S/C10H16N4O5/c1-7-13-8(14-19-7)2-3-11-10(17)12-4-5-18-6-9(15)16/h2-6H2,1H3,(H,15,16)(H2,11,12,17). The highest BCUT2D eigenvalue weighted by atomic mass is 16.5. The van der Waals surface area contributed by atoms with E-state index in [2.05, 4.69) is 20.8 Å². The number of carbonyl (C=O) groups is 2. The van der Waals surface area contributed by atoms with Crippen molar-refractivity contribution in [1.82, 2.24) is 20.8 Å². The predicted molar refractivity (Wildman–Crippen MR) is 62.6 cm³/mol. The van der Waals surface area contributed by atoms with Gasteiger partial charge in [0.15, 0.2) is 5.82 Å². The maximum absolute atomic E-state index is 11.3. The number of rotatable bonds is 8. The Morgan fingerprint density at radius 1 is 1.37 bits per heavy atom. The molecular weight excluding hydrogens is 256 g/mol. The first-order chi connectivity index (χ1) is 9.08. The summed E-state index contributed by atoms with van der Waals surface area (Å²) in [6.07, 6.45) is 0.472. The third-order valence-electron chi connectivity index (χ3n) is 1.96. The number of aryl methyl sites for hydroxylation is 1. The summed E-state index contributed by atoms with van der Waals surface area (Å²) in [5.41, 5.74) is 0. The molecule has 0 aliphatic carbocycles. The molecule has 2 amide bonds. The van der Waals surface area contributed by atoms with E-state index < -0.39 is 5.97 Å². The highest BCUT2D eigenvalue weighted by Gasteiger charge is 2.04. The number of aliphatic carboxylic acids is 1. The van der Waals surface area contributed by atoms with Crippen molar-refractivity contribution in [1.29, 1.82) is 0 Å². The first kappa shape index (κ1) is 14.9. The summed E-state index contributed by atoms with van der Waals surface area (Å²) in [4.78, 5) is 25.4. The van der Waals surface area contributed by atoms with Gasteiger partial charge in [-0.05, 0) is 0 Å². The van der Waals surface area contributed by atoms with E-state index in [1.807, 2.05) is 0 Å². The first-order valence-corrected chi connectivity index (χ1v) is 5.68. The summed E-state index contributed by atoms with van der Waals surface area (Å²) in [5, 5.41) is 17.1. The molecule has 0 saturated carbocycles. The second kappa shape index (κ2) is 8.03. The van der Waals surface area contributed by atoms with Gasteiger partial charge in [-0.2, -0.15) is 4.98 Å². The van der Waals surface area contributed by atoms with Crippen LogP contribution in [0.15, 0.2) is 4.52 Å². The van der Waals surface area contributed by atoms with Crippen LogP contribution in [-0.2, 0) is 16.0 Å². The Hall–Kier alpha value is -2.16. The van der Waals surface area contributed by atoms with Gasteiger partial charge in [-0.25, -0.2) is 9.59 Å². The van der Waals surface area contributed by atoms with E-state index in [1.54, 1.807) is 6.92 Å². The summed E-state index contributed by atoms with van der Waals surface area (Å²) >= 11 is 0. The van der Waals surface area contributed by atoms with Crippen molar-refractivity contribution >= 4 is 12.0 Å². The fraction of sp³-hybridized carbons (Fsp3) is 0.600. The summed E-state index contributed by atoms with van der Waals surface area (Å²) in [7, 11) is 0. The highest BCUT2D eigenvalue weighted by Crippen LogP contribution is 1.94. The summed E-state index contributed by atoms with van der Waals surface area (Å²) in [6, 6.07) is -0.362. The van der Waals surface area contributed by atoms with Gasteiger partial charge in [0.25, 0.3) is 0 Å². The molecule has 0 aromatic carbocycles. The number of carboxylic acids is 1. The minimum Gasteiger partial charge on any atom is -0.480 e. The third kappa shape index (κ3) is 6.99. The summed E-state index contributed by atoms with van der Waals surface area (Å²) < 4.78 is 9.53. The number of aromatic nitrogens is 2. The van der Waals surface area contributed by atoms with Crippen molar-refractivity contribution in [3.05, 3.63) is 11.7 Å². The maximum atomic E-state index is 11.3. The van der Waals surface area contributed by atoms with E-state index in [0.717, 1.165) is 0 Å². The van der Waals surface area contributed by atoms with E-state index >= 15 is 0 Å². The van der Waals surface area contributed by atoms with E-state index in [1.165, 1.54) is 0 Å². The van der Waals surface area contributed by atoms with Crippen LogP contribution in [0.3, 0.4) is 0 Å². The Morgan fingerprint density at radius 2 is 2.11 bits per heavy atom. The smallest absolute Gasteiger partial charge is 0.329 e. The molecule has 0 atom stereocenters. The molecule has 1 heterocycles. The molecular formula is C10H16N4O5. The largest absolute Gasteiger partial charge is 0.480 e. The SMILES string of the molecule is Cc1nc(CCNC(=O)NCCOCC(=O)O)no1. The molecule has 9 heteroatoms. The molecule has 1 aromatic rings. The van der Waals surface area contributed by atoms with E-state index in [0.29, 0.717) is 24.7 Å². The number of hydrogen-bond acceptors (Lipinski definition) is 6. The van der Waals surface area contributed by atoms with Gasteiger partial charge in [-0.15, -0.1) is 0 Å². The van der Waals surface area contributed by atoms with Gasteiger partial charge in [0.05, 0.1) is 6.61 Å². The Labute approximate surface area is 109 Å². The van der Waals surface area contributed by atoms with Crippen LogP contribution in [0.25, 0.3) is 0 Å². The van der Waals surface area contributed by atoms with Crippen molar-refractivity contribution in [3.63, 3.8) is 0 Å². The van der Waals surface area contributed by atoms with Crippen molar-refractivity contribution in [2.75, 3.05) is 26.3 Å². The monoisotopic (exact) mass is 272 g/mol. The van der Waals surface area contributed by atoms with Gasteiger partial charge in [0.1, 0.15) is 6.61 Å². The molecule has 3 N–H and O–H groups in total. The number of urea groups is 1. The normalized spacial score (nSPS) is 10.2. The molecule has 0 radical (unpaired) electrons. The molecule has 0 unspecified atom stereocenters. The van der Waals surface area contributed by atoms with Crippen LogP contribution in [0, 0.1) is 6.92 Å². The van der Waals surface area contributed by atoms with Crippen LogP contribution in [0.2, 0.25) is 0 Å². The zero-order chi connectivity index (χ0) is 14.1. The predicted octanol–water partition coefficient (Wildman–Crippen LogP) is -0.679. The van der Waals surface area contributed by atoms with Crippen molar-refractivity contribution < 1.29 is 24.0 Å². The molecule has 1 aromatic heterocycles. The van der Waals surface area contributed by atoms with Crippen LogP contribution in [-0.4, -0.2) is 53.6 Å². The first-order valence-electron chi connectivity index (χ1n) is 5.68. The lowest BCUT2D eigenvalue weighted by molar-refractivity contribution is -0.142. The Balaban J connectivity index is 2.00. The fourth-order valence-corrected chi connectivity index (χ4v) is 1.19. The molecule has 19 heavy (non-hydrogen) atoms. The van der Waals surface area contributed by atoms with Gasteiger partial charge in [-0.1, -0.05) is 5.16 Å². The molecule has 0 aliphatic rings. The third-order valence-corrected chi connectivity index (χ3v) is 1.96. The second-order valence-corrected chi connectivity index (χ2v) is 3.61. The van der Waals surface area contributed by atoms with Gasteiger partial charge < -0.3 is 25.0 Å². The van der Waals surface area contributed by atoms with E-state index in [4.69, 9.17) is 14.4 Å². The summed E-state index contributed by atoms with van der Waals surface area (Å²) in [6.45, 7) is 2.07. The van der Waals surface area contributed by atoms with Gasteiger partial charge in [-0.3, -0.25) is 0 Å². The van der Waals surface area contributed by atoms with Crippen LogP contribution in [0.5, 0.6) is 0 Å². The molecule has 0 aliphatic heterocycles. The topological polar surface area (TPSA) is 127 Å². The zero-order valence-electron chi connectivity index (χ0n) is 10.5. The number of nitrogens with zero attached hydrogens (tertiary/aromatic N) is 2. The molecule has 9 nitrogen and oxygen atoms in total. The summed E-state index contributed by atoms with van der Waals surface area (Å²) in [5.74, 6) is -0.0301. The second-order valence-electron chi connectivity index (χ2n) is 3.61. The minimum atomic E-state index is -1.04. The lowest BCUT2D eigenvalue weighted by Crippen LogP contribution is -2.38. The molecule has 0 fully saturated rings.